The lowest BCUT2D eigenvalue weighted by Gasteiger charge is -2.38. The number of likely N-dealkylation sites (N-methyl/N-ethyl adjacent to an activating group) is 1. The number of hydrogen-bond acceptors (Lipinski definition) is 12. The van der Waals surface area contributed by atoms with E-state index in [0.717, 1.165) is 37.2 Å². The minimum Gasteiger partial charge on any atom is -0.497 e. The van der Waals surface area contributed by atoms with Gasteiger partial charge in [0.15, 0.2) is 5.13 Å². The van der Waals surface area contributed by atoms with E-state index < -0.39 is 74.3 Å². The molecule has 4 heterocycles. The molecule has 2 aliphatic carbocycles. The highest BCUT2D eigenvalue weighted by atomic mass is 32.2. The summed E-state index contributed by atoms with van der Waals surface area (Å²) in [5.41, 5.74) is -1.38. The Labute approximate surface area is 385 Å². The molecule has 1 saturated heterocycles. The van der Waals surface area contributed by atoms with Gasteiger partial charge in [0, 0.05) is 60.9 Å². The number of fused-ring (bicyclic) bond motifs is 3. The molecule has 3 fully saturated rings. The molecule has 4 unspecified atom stereocenters. The molecule has 1 aromatic carbocycles. The summed E-state index contributed by atoms with van der Waals surface area (Å²) in [5, 5.41) is 25.3. The van der Waals surface area contributed by atoms with Crippen LogP contribution in [-0.4, -0.2) is 124 Å². The van der Waals surface area contributed by atoms with Crippen molar-refractivity contribution < 1.29 is 42.2 Å². The molecule has 5 N–H and O–H groups in total. The molecule has 65 heavy (non-hydrogen) atoms. The lowest BCUT2D eigenvalue weighted by atomic mass is 9.79. The van der Waals surface area contributed by atoms with Crippen LogP contribution in [0.1, 0.15) is 98.8 Å². The first-order valence-corrected chi connectivity index (χ1v) is 25.2. The first-order chi connectivity index (χ1) is 30.8. The Hall–Kier alpha value is -5.01. The van der Waals surface area contributed by atoms with Crippen molar-refractivity contribution in [3.8, 4) is 22.9 Å². The van der Waals surface area contributed by atoms with Gasteiger partial charge in [0.25, 0.3) is 0 Å². The van der Waals surface area contributed by atoms with E-state index in [0.29, 0.717) is 46.6 Å². The Morgan fingerprint density at radius 3 is 2.49 bits per heavy atom. The zero-order chi connectivity index (χ0) is 46.8. The van der Waals surface area contributed by atoms with E-state index in [1.807, 2.05) is 37.4 Å². The summed E-state index contributed by atoms with van der Waals surface area (Å²) in [7, 11) is -0.507. The van der Waals surface area contributed by atoms with E-state index in [1.165, 1.54) is 27.6 Å². The number of hydrogen-bond donors (Lipinski definition) is 5. The predicted octanol–water partition coefficient (Wildman–Crippen LogP) is 5.91. The number of anilines is 1. The fourth-order valence-corrected chi connectivity index (χ4v) is 11.1. The molecule has 17 nitrogen and oxygen atoms in total. The zero-order valence-electron chi connectivity index (χ0n) is 38.4. The second kappa shape index (κ2) is 19.5. The molecule has 0 spiro atoms. The van der Waals surface area contributed by atoms with E-state index in [4.69, 9.17) is 19.4 Å². The number of benzene rings is 1. The van der Waals surface area contributed by atoms with Gasteiger partial charge in [-0.25, -0.2) is 32.3 Å². The topological polar surface area (TPSA) is 221 Å². The van der Waals surface area contributed by atoms with Crippen LogP contribution in [0.4, 0.5) is 9.93 Å². The molecule has 3 aromatic rings. The lowest BCUT2D eigenvalue weighted by Crippen LogP contribution is -2.63. The minimum atomic E-state index is -3.59. The van der Waals surface area contributed by atoms with Gasteiger partial charge in [0.2, 0.25) is 21.8 Å². The van der Waals surface area contributed by atoms with Crippen LogP contribution in [0, 0.1) is 11.8 Å². The number of allylic oxidation sites excluding steroid dienone is 1. The zero-order valence-corrected chi connectivity index (χ0v) is 40.0. The number of sulfonamides is 1. The van der Waals surface area contributed by atoms with Crippen molar-refractivity contribution in [2.24, 2.45) is 11.8 Å². The monoisotopic (exact) mass is 936 g/mol. The number of ether oxygens (including phenoxy) is 2. The molecule has 19 heteroatoms. The van der Waals surface area contributed by atoms with Crippen LogP contribution in [0.2, 0.25) is 0 Å². The minimum absolute atomic E-state index is 0.00850. The molecule has 4 aliphatic rings. The third kappa shape index (κ3) is 10.4. The number of carboxylic acids is 1. The number of carboxylic acid groups (broad SMARTS) is 1. The molecular weight excluding hydrogens is 873 g/mol. The lowest BCUT2D eigenvalue weighted by molar-refractivity contribution is -0.149. The molecule has 0 bridgehead atoms. The number of carbonyl (C=O) groups excluding carboxylic acids is 3. The summed E-state index contributed by atoms with van der Waals surface area (Å²) in [6.07, 6.45) is 9.01. The number of carbonyl (C=O) groups is 4. The summed E-state index contributed by atoms with van der Waals surface area (Å²) in [6, 6.07) is 5.22. The summed E-state index contributed by atoms with van der Waals surface area (Å²) >= 11 is 1.45. The molecule has 4 amide bonds. The van der Waals surface area contributed by atoms with Gasteiger partial charge in [-0.15, -0.1) is 11.3 Å². The van der Waals surface area contributed by atoms with Gasteiger partial charge >= 0.3 is 12.0 Å². The van der Waals surface area contributed by atoms with E-state index >= 15 is 4.79 Å². The Balaban J connectivity index is 1.21. The molecule has 6 atom stereocenters. The summed E-state index contributed by atoms with van der Waals surface area (Å²) < 4.78 is 39.7. The van der Waals surface area contributed by atoms with E-state index in [9.17, 15) is 27.9 Å². The van der Waals surface area contributed by atoms with Crippen LogP contribution in [0.5, 0.6) is 11.5 Å². The third-order valence-corrected chi connectivity index (χ3v) is 16.4. The number of aliphatic carboxylic acids is 1. The second-order valence-corrected chi connectivity index (χ2v) is 22.3. The average molecular weight is 937 g/mol. The summed E-state index contributed by atoms with van der Waals surface area (Å²) in [5.74, 6) is -1.61. The largest absolute Gasteiger partial charge is 0.497 e. The van der Waals surface area contributed by atoms with E-state index in [1.54, 1.807) is 46.1 Å². The molecular formula is C46H64N8O9S2. The van der Waals surface area contributed by atoms with Gasteiger partial charge in [-0.3, -0.25) is 9.59 Å². The van der Waals surface area contributed by atoms with Crippen molar-refractivity contribution >= 4 is 61.2 Å². The normalized spacial score (nSPS) is 26.3. The molecule has 354 valence electrons. The number of urea groups is 1. The third-order valence-electron chi connectivity index (χ3n) is 13.4. The van der Waals surface area contributed by atoms with Gasteiger partial charge in [-0.05, 0) is 91.2 Å². The number of amides is 4. The fraction of sp³-hybridized carbons (Fsp3) is 0.609. The molecule has 7 rings (SSSR count). The highest BCUT2D eigenvalue weighted by molar-refractivity contribution is 7.89. The Kier molecular flexibility index (Phi) is 14.3. The van der Waals surface area contributed by atoms with Crippen molar-refractivity contribution in [2.45, 2.75) is 139 Å². The number of aromatic nitrogens is 2. The van der Waals surface area contributed by atoms with Crippen LogP contribution in [0.15, 0.2) is 41.8 Å². The Morgan fingerprint density at radius 2 is 1.82 bits per heavy atom. The predicted molar refractivity (Wildman–Crippen MR) is 249 cm³/mol. The molecule has 2 aromatic heterocycles. The maximum Gasteiger partial charge on any atom is 0.330 e. The van der Waals surface area contributed by atoms with Crippen LogP contribution < -0.4 is 30.7 Å². The number of nitrogens with zero attached hydrogens (tertiary/aromatic N) is 4. The van der Waals surface area contributed by atoms with Crippen molar-refractivity contribution in [3.63, 3.8) is 0 Å². The number of nitrogens with one attached hydrogen (secondary N) is 4. The maximum atomic E-state index is 15.1. The van der Waals surface area contributed by atoms with Gasteiger partial charge in [-0.2, -0.15) is 0 Å². The maximum absolute atomic E-state index is 15.1. The Bertz CT molecular complexity index is 2410. The number of rotatable bonds is 14. The summed E-state index contributed by atoms with van der Waals surface area (Å²) in [6.45, 7) is 8.94. The van der Waals surface area contributed by atoms with Gasteiger partial charge < -0.3 is 40.7 Å². The fourth-order valence-electron chi connectivity index (χ4n) is 9.12. The number of pyridine rings is 1. The second-order valence-electron chi connectivity index (χ2n) is 18.8. The SMILES string of the molecule is COc1ccc2c(OC3CN4C(=O)[C@@H](NC(=O)NC(CN(C)S(=O)(=O)C(C)C)C5CCC5)CCCCC/C=C\C5C[C@@]5(C(=O)O)NC(=O)C4(C)C3)cc(-c3csc(NC(C)C)n3)nc2c1. The van der Waals surface area contributed by atoms with Gasteiger partial charge in [-0.1, -0.05) is 31.4 Å². The van der Waals surface area contributed by atoms with E-state index in [-0.39, 0.29) is 44.3 Å². The van der Waals surface area contributed by atoms with Gasteiger partial charge in [0.05, 0.1) is 30.1 Å². The van der Waals surface area contributed by atoms with Crippen LogP contribution in [0.3, 0.4) is 0 Å². The Morgan fingerprint density at radius 1 is 1.05 bits per heavy atom. The van der Waals surface area contributed by atoms with Crippen molar-refractivity contribution in [3.05, 3.63) is 41.8 Å². The van der Waals surface area contributed by atoms with Crippen LogP contribution in [-0.2, 0) is 24.4 Å². The molecule has 2 aliphatic heterocycles. The quantitative estimate of drug-likeness (QED) is 0.119. The number of methoxy groups -OCH3 is 1. The molecule has 0 radical (unpaired) electrons. The van der Waals surface area contributed by atoms with Crippen molar-refractivity contribution in [2.75, 3.05) is 32.6 Å². The van der Waals surface area contributed by atoms with Crippen LogP contribution in [0.25, 0.3) is 22.3 Å². The average Bonchev–Trinajstić information content (AvgIpc) is 3.53. The van der Waals surface area contributed by atoms with Crippen molar-refractivity contribution in [1.29, 1.82) is 0 Å². The van der Waals surface area contributed by atoms with Gasteiger partial charge in [0.1, 0.15) is 40.4 Å². The first kappa shape index (κ1) is 47.9. The highest BCUT2D eigenvalue weighted by Gasteiger charge is 2.63. The standard InChI is InChI=1S/C46H64N8O9S2/c1-27(2)47-44-51-38(26-64-44)36-21-39(33-19-18-31(62-7)20-35(33)48-36)63-32-23-45(5)41(56)52-46(42(57)58)22-30(46)16-11-9-8-10-12-17-34(40(55)54(45)24-32)49-43(59)50-37(29-14-13-15-29)25-53(6)65(60,61)28(3)4/h11,16,18-21,26-30,32,34,37H,8-10,12-15,17,22-25H2,1-7H3,(H,47,51)(H,52,56)(H,57,58)(H2,49,50,59)/b16-11-/t30?,32?,34-,37?,45?,46+/m0/s1. The molecule has 2 saturated carbocycles. The first-order valence-electron chi connectivity index (χ1n) is 22.8. The van der Waals surface area contributed by atoms with Crippen molar-refractivity contribution in [1.82, 2.24) is 35.1 Å². The smallest absolute Gasteiger partial charge is 0.330 e. The number of thiazole rings is 1. The van der Waals surface area contributed by atoms with E-state index in [2.05, 4.69) is 21.3 Å². The highest BCUT2D eigenvalue weighted by Crippen LogP contribution is 2.47. The summed E-state index contributed by atoms with van der Waals surface area (Å²) in [4.78, 5) is 67.8. The van der Waals surface area contributed by atoms with Crippen LogP contribution >= 0.6 is 11.3 Å².